The number of ketones is 1. The number of rotatable bonds is 4. The van der Waals surface area contributed by atoms with Gasteiger partial charge in [-0.1, -0.05) is 6.42 Å². The van der Waals surface area contributed by atoms with Gasteiger partial charge in [-0.15, -0.1) is 0 Å². The van der Waals surface area contributed by atoms with Crippen molar-refractivity contribution < 1.29 is 19.2 Å². The maximum absolute atomic E-state index is 12.1. The molecule has 0 amide bonds. The Hall–Kier alpha value is -1.46. The minimum atomic E-state index is -1.12. The zero-order valence-electron chi connectivity index (χ0n) is 10.1. The molecule has 1 saturated carbocycles. The molecule has 1 fully saturated rings. The molecule has 0 saturated heterocycles. The number of ether oxygens (including phenoxy) is 1. The molecule has 1 aliphatic rings. The Morgan fingerprint density at radius 3 is 2.82 bits per heavy atom. The highest BCUT2D eigenvalue weighted by Gasteiger charge is 2.47. The summed E-state index contributed by atoms with van der Waals surface area (Å²) in [6.07, 6.45) is 2.02. The fraction of sp³-hybridized carbons (Fsp3) is 0.818. The smallest absolute Gasteiger partial charge is 0.319 e. The van der Waals surface area contributed by atoms with Gasteiger partial charge in [0.1, 0.15) is 5.41 Å². The minimum Gasteiger partial charge on any atom is -0.468 e. The summed E-state index contributed by atoms with van der Waals surface area (Å²) in [6, 6.07) is 0. The molecule has 0 aromatic heterocycles. The van der Waals surface area contributed by atoms with Crippen LogP contribution in [-0.2, 0) is 14.3 Å². The summed E-state index contributed by atoms with van der Waals surface area (Å²) in [5.74, 6) is -1.14. The Balaban J connectivity index is 2.74. The van der Waals surface area contributed by atoms with E-state index in [4.69, 9.17) is 0 Å². The third-order valence-corrected chi connectivity index (χ3v) is 3.44. The first-order valence-electron chi connectivity index (χ1n) is 5.66. The van der Waals surface area contributed by atoms with Crippen LogP contribution < -0.4 is 0 Å². The van der Waals surface area contributed by atoms with Crippen molar-refractivity contribution in [1.29, 1.82) is 0 Å². The summed E-state index contributed by atoms with van der Waals surface area (Å²) in [7, 11) is 1.25. The molecule has 6 nitrogen and oxygen atoms in total. The third-order valence-electron chi connectivity index (χ3n) is 3.44. The second-order valence-electron chi connectivity index (χ2n) is 4.62. The van der Waals surface area contributed by atoms with Crippen molar-refractivity contribution in [2.75, 3.05) is 13.7 Å². The maximum Gasteiger partial charge on any atom is 0.319 e. The fourth-order valence-corrected chi connectivity index (χ4v) is 2.37. The zero-order chi connectivity index (χ0) is 13.1. The molecule has 0 spiro atoms. The van der Waals surface area contributed by atoms with Gasteiger partial charge in [0, 0.05) is 17.3 Å². The highest BCUT2D eigenvalue weighted by molar-refractivity contribution is 6.04. The second-order valence-corrected chi connectivity index (χ2v) is 4.62. The number of hydrogen-bond donors (Lipinski definition) is 0. The third kappa shape index (κ3) is 2.81. The molecule has 0 aromatic rings. The molecule has 0 heterocycles. The summed E-state index contributed by atoms with van der Waals surface area (Å²) < 4.78 is 4.64. The van der Waals surface area contributed by atoms with Crippen molar-refractivity contribution in [3.8, 4) is 0 Å². The maximum atomic E-state index is 12.1. The molecular weight excluding hydrogens is 226 g/mol. The van der Waals surface area contributed by atoms with Gasteiger partial charge in [0.25, 0.3) is 0 Å². The van der Waals surface area contributed by atoms with E-state index >= 15 is 0 Å². The Labute approximate surface area is 99.5 Å². The molecule has 0 radical (unpaired) electrons. The lowest BCUT2D eigenvalue weighted by molar-refractivity contribution is -0.481. The molecule has 1 rings (SSSR count). The van der Waals surface area contributed by atoms with Gasteiger partial charge in [-0.3, -0.25) is 19.7 Å². The SMILES string of the molecule is COC(=O)[C@@]1(C)CCCC(CC[N+](=O)[O-])C1=O. The van der Waals surface area contributed by atoms with Crippen molar-refractivity contribution >= 4 is 11.8 Å². The summed E-state index contributed by atoms with van der Waals surface area (Å²) in [4.78, 5) is 33.6. The molecule has 0 aliphatic heterocycles. The number of Topliss-reactive ketones (excluding diaryl/α,β-unsaturated/α-hetero) is 1. The first-order chi connectivity index (χ1) is 7.91. The standard InChI is InChI=1S/C11H17NO5/c1-11(10(14)17-2)6-3-4-8(9(11)13)5-7-12(15)16/h8H,3-7H2,1-2H3/t8?,11-/m0/s1. The minimum absolute atomic E-state index is 0.207. The highest BCUT2D eigenvalue weighted by atomic mass is 16.6. The van der Waals surface area contributed by atoms with Crippen LogP contribution in [0.25, 0.3) is 0 Å². The topological polar surface area (TPSA) is 86.5 Å². The highest BCUT2D eigenvalue weighted by Crippen LogP contribution is 2.38. The van der Waals surface area contributed by atoms with Gasteiger partial charge in [-0.2, -0.15) is 0 Å². The second kappa shape index (κ2) is 5.25. The zero-order valence-corrected chi connectivity index (χ0v) is 10.1. The Morgan fingerprint density at radius 1 is 1.65 bits per heavy atom. The van der Waals surface area contributed by atoms with E-state index in [1.54, 1.807) is 6.92 Å². The van der Waals surface area contributed by atoms with Crippen molar-refractivity contribution in [2.24, 2.45) is 11.3 Å². The van der Waals surface area contributed by atoms with Gasteiger partial charge < -0.3 is 4.74 Å². The Morgan fingerprint density at radius 2 is 2.29 bits per heavy atom. The van der Waals surface area contributed by atoms with E-state index in [0.717, 1.165) is 6.42 Å². The Kier molecular flexibility index (Phi) is 4.20. The normalized spacial score (nSPS) is 28.8. The van der Waals surface area contributed by atoms with E-state index in [1.165, 1.54) is 7.11 Å². The van der Waals surface area contributed by atoms with E-state index in [0.29, 0.717) is 12.8 Å². The van der Waals surface area contributed by atoms with Gasteiger partial charge in [0.05, 0.1) is 7.11 Å². The van der Waals surface area contributed by atoms with Crippen molar-refractivity contribution in [3.63, 3.8) is 0 Å². The lowest BCUT2D eigenvalue weighted by Crippen LogP contribution is -2.44. The number of esters is 1. The van der Waals surface area contributed by atoms with Gasteiger partial charge in [0.15, 0.2) is 5.78 Å². The summed E-state index contributed by atoms with van der Waals surface area (Å²) >= 11 is 0. The fourth-order valence-electron chi connectivity index (χ4n) is 2.37. The molecular formula is C11H17NO5. The van der Waals surface area contributed by atoms with Crippen LogP contribution in [0.3, 0.4) is 0 Å². The summed E-state index contributed by atoms with van der Waals surface area (Å²) in [6.45, 7) is 1.34. The van der Waals surface area contributed by atoms with Crippen molar-refractivity contribution in [3.05, 3.63) is 10.1 Å². The summed E-state index contributed by atoms with van der Waals surface area (Å²) in [5, 5.41) is 10.3. The average Bonchev–Trinajstić information content (AvgIpc) is 2.29. The van der Waals surface area contributed by atoms with Gasteiger partial charge in [-0.25, -0.2) is 0 Å². The number of nitro groups is 1. The number of nitrogens with zero attached hydrogens (tertiary/aromatic N) is 1. The van der Waals surface area contributed by atoms with E-state index in [-0.39, 0.29) is 18.7 Å². The Bertz CT molecular complexity index is 341. The van der Waals surface area contributed by atoms with Crippen LogP contribution in [0.2, 0.25) is 0 Å². The number of carbonyl (C=O) groups is 2. The van der Waals surface area contributed by atoms with E-state index in [2.05, 4.69) is 4.74 Å². The van der Waals surface area contributed by atoms with E-state index in [1.807, 2.05) is 0 Å². The molecule has 0 bridgehead atoms. The molecule has 1 aliphatic carbocycles. The predicted molar refractivity (Wildman–Crippen MR) is 58.9 cm³/mol. The van der Waals surface area contributed by atoms with Crippen LogP contribution in [0.15, 0.2) is 0 Å². The first kappa shape index (κ1) is 13.6. The predicted octanol–water partition coefficient (Wildman–Crippen LogP) is 1.20. The lowest BCUT2D eigenvalue weighted by atomic mass is 9.69. The van der Waals surface area contributed by atoms with Gasteiger partial charge >= 0.3 is 5.97 Å². The van der Waals surface area contributed by atoms with E-state index < -0.39 is 22.2 Å². The number of methoxy groups -OCH3 is 1. The first-order valence-corrected chi connectivity index (χ1v) is 5.66. The van der Waals surface area contributed by atoms with Crippen molar-refractivity contribution in [1.82, 2.24) is 0 Å². The lowest BCUT2D eigenvalue weighted by Gasteiger charge is -2.33. The molecule has 0 aromatic carbocycles. The molecule has 0 N–H and O–H groups in total. The van der Waals surface area contributed by atoms with Crippen LogP contribution in [0, 0.1) is 21.4 Å². The largest absolute Gasteiger partial charge is 0.468 e. The monoisotopic (exact) mass is 243 g/mol. The molecule has 17 heavy (non-hydrogen) atoms. The number of hydrogen-bond acceptors (Lipinski definition) is 5. The van der Waals surface area contributed by atoms with Crippen LogP contribution in [0.1, 0.15) is 32.6 Å². The average molecular weight is 243 g/mol. The van der Waals surface area contributed by atoms with Crippen molar-refractivity contribution in [2.45, 2.75) is 32.6 Å². The van der Waals surface area contributed by atoms with E-state index in [9.17, 15) is 19.7 Å². The molecule has 2 atom stereocenters. The van der Waals surface area contributed by atoms with Gasteiger partial charge in [-0.05, 0) is 19.8 Å². The van der Waals surface area contributed by atoms with Crippen LogP contribution in [0.4, 0.5) is 0 Å². The van der Waals surface area contributed by atoms with Crippen LogP contribution in [-0.4, -0.2) is 30.3 Å². The summed E-state index contributed by atoms with van der Waals surface area (Å²) in [5.41, 5.74) is -1.12. The quantitative estimate of drug-likeness (QED) is 0.320. The molecule has 6 heteroatoms. The molecule has 1 unspecified atom stereocenters. The molecule has 96 valence electrons. The van der Waals surface area contributed by atoms with Gasteiger partial charge in [0.2, 0.25) is 6.54 Å². The number of carbonyl (C=O) groups excluding carboxylic acids is 2. The van der Waals surface area contributed by atoms with Crippen LogP contribution >= 0.6 is 0 Å². The van der Waals surface area contributed by atoms with Crippen LogP contribution in [0.5, 0.6) is 0 Å².